The fourth-order valence-electron chi connectivity index (χ4n) is 2.95. The Bertz CT molecular complexity index is 540. The summed E-state index contributed by atoms with van der Waals surface area (Å²) in [5.74, 6) is 2.56. The number of aliphatic imine (C=N–C) groups is 1. The molecule has 0 aliphatic carbocycles. The van der Waals surface area contributed by atoms with Crippen molar-refractivity contribution in [1.29, 1.82) is 0 Å². The molecule has 1 saturated heterocycles. The van der Waals surface area contributed by atoms with E-state index in [2.05, 4.69) is 46.5 Å². The van der Waals surface area contributed by atoms with Gasteiger partial charge in [0.1, 0.15) is 11.5 Å². The van der Waals surface area contributed by atoms with Crippen molar-refractivity contribution in [2.75, 3.05) is 45.3 Å². The van der Waals surface area contributed by atoms with E-state index in [1.165, 1.54) is 0 Å². The normalized spacial score (nSPS) is 17.5. The van der Waals surface area contributed by atoms with Crippen LogP contribution in [0.4, 0.5) is 5.69 Å². The van der Waals surface area contributed by atoms with Gasteiger partial charge in [-0.3, -0.25) is 4.99 Å². The van der Waals surface area contributed by atoms with Crippen LogP contribution in [0, 0.1) is 0 Å². The van der Waals surface area contributed by atoms with Crippen molar-refractivity contribution in [3.05, 3.63) is 18.2 Å². The molecular formula is C19H32N4O2. The van der Waals surface area contributed by atoms with Gasteiger partial charge in [-0.2, -0.15) is 0 Å². The zero-order valence-corrected chi connectivity index (χ0v) is 16.0. The Balaban J connectivity index is 1.99. The fraction of sp³-hybridized carbons (Fsp3) is 0.632. The molecule has 1 aliphatic heterocycles. The van der Waals surface area contributed by atoms with Crippen LogP contribution in [-0.2, 0) is 0 Å². The maximum atomic E-state index is 5.38. The summed E-state index contributed by atoms with van der Waals surface area (Å²) in [5.41, 5.74) is 1.13. The molecule has 1 aromatic carbocycles. The van der Waals surface area contributed by atoms with E-state index in [0.717, 1.165) is 68.6 Å². The Labute approximate surface area is 151 Å². The van der Waals surface area contributed by atoms with E-state index in [1.54, 1.807) is 14.2 Å². The summed E-state index contributed by atoms with van der Waals surface area (Å²) in [6, 6.07) is 6.41. The van der Waals surface area contributed by atoms with Gasteiger partial charge in [-0.15, -0.1) is 0 Å². The lowest BCUT2D eigenvalue weighted by atomic mass is 10.2. The van der Waals surface area contributed by atoms with Gasteiger partial charge < -0.3 is 25.0 Å². The number of ether oxygens (including phenoxy) is 2. The first-order valence-corrected chi connectivity index (χ1v) is 9.23. The molecule has 1 unspecified atom stereocenters. The molecule has 2 rings (SSSR count). The first-order chi connectivity index (χ1) is 12.2. The van der Waals surface area contributed by atoms with Gasteiger partial charge in [-0.05, 0) is 19.8 Å². The van der Waals surface area contributed by atoms with Crippen LogP contribution in [0.3, 0.4) is 0 Å². The highest BCUT2D eigenvalue weighted by atomic mass is 16.5. The van der Waals surface area contributed by atoms with E-state index < -0.39 is 0 Å². The van der Waals surface area contributed by atoms with Gasteiger partial charge in [-0.1, -0.05) is 13.3 Å². The Morgan fingerprint density at radius 1 is 1.20 bits per heavy atom. The minimum atomic E-state index is 0.386. The van der Waals surface area contributed by atoms with Crippen LogP contribution in [0.25, 0.3) is 0 Å². The van der Waals surface area contributed by atoms with Crippen molar-refractivity contribution >= 4 is 11.6 Å². The summed E-state index contributed by atoms with van der Waals surface area (Å²) < 4.78 is 10.8. The lowest BCUT2D eigenvalue weighted by molar-refractivity contribution is 0.394. The fourth-order valence-corrected chi connectivity index (χ4v) is 2.95. The Morgan fingerprint density at radius 2 is 1.92 bits per heavy atom. The van der Waals surface area contributed by atoms with Crippen LogP contribution in [0.5, 0.6) is 11.5 Å². The van der Waals surface area contributed by atoms with Crippen LogP contribution in [0.2, 0.25) is 0 Å². The smallest absolute Gasteiger partial charge is 0.191 e. The number of nitrogens with zero attached hydrogens (tertiary/aromatic N) is 2. The molecule has 1 aliphatic rings. The molecule has 1 fully saturated rings. The minimum absolute atomic E-state index is 0.386. The summed E-state index contributed by atoms with van der Waals surface area (Å²) >= 11 is 0. The van der Waals surface area contributed by atoms with Gasteiger partial charge in [0, 0.05) is 56.1 Å². The van der Waals surface area contributed by atoms with E-state index in [-0.39, 0.29) is 0 Å². The SMILES string of the molecule is CCCCN=C(NCC)NC1CCN(c2cc(OC)cc(OC)c2)C1. The molecule has 0 amide bonds. The number of anilines is 1. The molecule has 0 aromatic heterocycles. The van der Waals surface area contributed by atoms with Gasteiger partial charge in [0.05, 0.1) is 14.2 Å². The molecule has 1 aromatic rings. The minimum Gasteiger partial charge on any atom is -0.497 e. The van der Waals surface area contributed by atoms with Crippen LogP contribution >= 0.6 is 0 Å². The van der Waals surface area contributed by atoms with Crippen LogP contribution in [0.15, 0.2) is 23.2 Å². The number of hydrogen-bond donors (Lipinski definition) is 2. The van der Waals surface area contributed by atoms with E-state index in [1.807, 2.05) is 6.07 Å². The number of guanidine groups is 1. The average molecular weight is 348 g/mol. The number of methoxy groups -OCH3 is 2. The maximum Gasteiger partial charge on any atom is 0.191 e. The number of benzene rings is 1. The molecule has 1 atom stereocenters. The third kappa shape index (κ3) is 5.73. The second kappa shape index (κ2) is 10.0. The molecule has 0 spiro atoms. The van der Waals surface area contributed by atoms with Gasteiger partial charge in [0.2, 0.25) is 0 Å². The van der Waals surface area contributed by atoms with Crippen LogP contribution in [0.1, 0.15) is 33.1 Å². The lowest BCUT2D eigenvalue weighted by Crippen LogP contribution is -2.44. The standard InChI is InChI=1S/C19H32N4O2/c1-5-7-9-21-19(20-6-2)22-15-8-10-23(14-15)16-11-17(24-3)13-18(12-16)25-4/h11-13,15H,5-10,14H2,1-4H3,(H2,20,21,22). The van der Waals surface area contributed by atoms with Crippen LogP contribution < -0.4 is 25.0 Å². The number of nitrogens with one attached hydrogen (secondary N) is 2. The summed E-state index contributed by atoms with van der Waals surface area (Å²) in [4.78, 5) is 7.01. The van der Waals surface area contributed by atoms with Gasteiger partial charge >= 0.3 is 0 Å². The molecule has 0 bridgehead atoms. The molecule has 2 N–H and O–H groups in total. The van der Waals surface area contributed by atoms with Crippen molar-refractivity contribution in [1.82, 2.24) is 10.6 Å². The molecule has 140 valence electrons. The van der Waals surface area contributed by atoms with Crippen molar-refractivity contribution in [2.45, 2.75) is 39.2 Å². The highest BCUT2D eigenvalue weighted by Crippen LogP contribution is 2.30. The summed E-state index contributed by atoms with van der Waals surface area (Å²) in [6.07, 6.45) is 3.37. The summed E-state index contributed by atoms with van der Waals surface area (Å²) in [5, 5.41) is 6.91. The number of hydrogen-bond acceptors (Lipinski definition) is 4. The van der Waals surface area contributed by atoms with E-state index in [9.17, 15) is 0 Å². The first kappa shape index (κ1) is 19.2. The molecule has 0 radical (unpaired) electrons. The predicted octanol–water partition coefficient (Wildman–Crippen LogP) is 2.64. The topological polar surface area (TPSA) is 58.1 Å². The predicted molar refractivity (Wildman–Crippen MR) is 104 cm³/mol. The zero-order valence-electron chi connectivity index (χ0n) is 16.0. The van der Waals surface area contributed by atoms with Gasteiger partial charge in [0.15, 0.2) is 5.96 Å². The Kier molecular flexibility index (Phi) is 7.70. The molecular weight excluding hydrogens is 316 g/mol. The summed E-state index contributed by atoms with van der Waals surface area (Å²) in [7, 11) is 3.37. The molecule has 6 nitrogen and oxygen atoms in total. The number of unbranched alkanes of at least 4 members (excludes halogenated alkanes) is 1. The maximum absolute atomic E-state index is 5.38. The van der Waals surface area contributed by atoms with Gasteiger partial charge in [0.25, 0.3) is 0 Å². The molecule has 1 heterocycles. The quantitative estimate of drug-likeness (QED) is 0.430. The highest BCUT2D eigenvalue weighted by molar-refractivity contribution is 5.80. The van der Waals surface area contributed by atoms with Crippen LogP contribution in [-0.4, -0.2) is 52.4 Å². The van der Waals surface area contributed by atoms with Crippen molar-refractivity contribution < 1.29 is 9.47 Å². The monoisotopic (exact) mass is 348 g/mol. The Morgan fingerprint density at radius 3 is 2.52 bits per heavy atom. The van der Waals surface area contributed by atoms with E-state index in [0.29, 0.717) is 6.04 Å². The first-order valence-electron chi connectivity index (χ1n) is 9.23. The van der Waals surface area contributed by atoms with Crippen molar-refractivity contribution in [3.63, 3.8) is 0 Å². The third-order valence-corrected chi connectivity index (χ3v) is 4.36. The lowest BCUT2D eigenvalue weighted by Gasteiger charge is -2.21. The van der Waals surface area contributed by atoms with Crippen molar-refractivity contribution in [3.8, 4) is 11.5 Å². The number of rotatable bonds is 8. The molecule has 6 heteroatoms. The van der Waals surface area contributed by atoms with E-state index in [4.69, 9.17) is 9.47 Å². The third-order valence-electron chi connectivity index (χ3n) is 4.36. The average Bonchev–Trinajstić information content (AvgIpc) is 3.10. The highest BCUT2D eigenvalue weighted by Gasteiger charge is 2.24. The second-order valence-electron chi connectivity index (χ2n) is 6.26. The van der Waals surface area contributed by atoms with E-state index >= 15 is 0 Å². The van der Waals surface area contributed by atoms with Gasteiger partial charge in [-0.25, -0.2) is 0 Å². The Hall–Kier alpha value is -2.11. The van der Waals surface area contributed by atoms with Crippen molar-refractivity contribution in [2.24, 2.45) is 4.99 Å². The summed E-state index contributed by atoms with van der Waals surface area (Å²) in [6.45, 7) is 7.97. The molecule has 25 heavy (non-hydrogen) atoms. The second-order valence-corrected chi connectivity index (χ2v) is 6.26. The molecule has 0 saturated carbocycles. The zero-order chi connectivity index (χ0) is 18.1. The largest absolute Gasteiger partial charge is 0.497 e.